The molecule has 5 nitrogen and oxygen atoms in total. The maximum atomic E-state index is 12.8. The van der Waals surface area contributed by atoms with Crippen molar-refractivity contribution in [3.63, 3.8) is 0 Å². The van der Waals surface area contributed by atoms with Crippen LogP contribution in [0.1, 0.15) is 53.4 Å². The Balaban J connectivity index is 1.92. The van der Waals surface area contributed by atoms with Crippen molar-refractivity contribution < 1.29 is 14.9 Å². The summed E-state index contributed by atoms with van der Waals surface area (Å²) in [5.41, 5.74) is 8.47. The molecule has 156 valence electrons. The van der Waals surface area contributed by atoms with Crippen LogP contribution in [0.5, 0.6) is 0 Å². The molecule has 0 aliphatic heterocycles. The van der Waals surface area contributed by atoms with E-state index in [0.717, 1.165) is 22.4 Å². The molecule has 3 rings (SSSR count). The molecule has 0 unspecified atom stereocenters. The van der Waals surface area contributed by atoms with Crippen molar-refractivity contribution in [2.75, 3.05) is 0 Å². The van der Waals surface area contributed by atoms with E-state index in [1.807, 2.05) is 47.1 Å². The van der Waals surface area contributed by atoms with Crippen molar-refractivity contribution in [3.05, 3.63) is 93.7 Å². The number of benzene rings is 2. The lowest BCUT2D eigenvalue weighted by molar-refractivity contribution is -0.713. The number of quaternary nitrogens is 1. The highest BCUT2D eigenvalue weighted by atomic mass is 32.1. The molecule has 0 spiro atoms. The van der Waals surface area contributed by atoms with Crippen LogP contribution >= 0.6 is 11.3 Å². The maximum Gasteiger partial charge on any atom is 0.319 e. The van der Waals surface area contributed by atoms with Crippen LogP contribution in [0, 0.1) is 0 Å². The lowest BCUT2D eigenvalue weighted by atomic mass is 9.98. The summed E-state index contributed by atoms with van der Waals surface area (Å²) < 4.78 is 0. The second kappa shape index (κ2) is 10.7. The molecule has 30 heavy (non-hydrogen) atoms. The zero-order valence-electron chi connectivity index (χ0n) is 17.1. The van der Waals surface area contributed by atoms with Crippen LogP contribution in [0.15, 0.2) is 72.1 Å². The lowest BCUT2D eigenvalue weighted by Gasteiger charge is -2.22. The van der Waals surface area contributed by atoms with Gasteiger partial charge in [0, 0.05) is 11.1 Å². The molecule has 0 bridgehead atoms. The molecule has 0 saturated heterocycles. The number of carbonyl (C=O) groups is 2. The zero-order valence-corrected chi connectivity index (χ0v) is 17.9. The quantitative estimate of drug-likeness (QED) is 0.491. The molecule has 0 radical (unpaired) electrons. The summed E-state index contributed by atoms with van der Waals surface area (Å²) in [6, 6.07) is 20.6. The average Bonchev–Trinajstić information content (AvgIpc) is 3.28. The number of nitrogens with two attached hydrogens (primary N) is 2. The Kier molecular flexibility index (Phi) is 7.76. The normalized spacial score (nSPS) is 12.8. The third-order valence-electron chi connectivity index (χ3n) is 5.08. The van der Waals surface area contributed by atoms with Gasteiger partial charge in [0.1, 0.15) is 6.04 Å². The summed E-state index contributed by atoms with van der Waals surface area (Å²) in [6.45, 7) is 2.19. The van der Waals surface area contributed by atoms with E-state index < -0.39 is 18.0 Å². The highest BCUT2D eigenvalue weighted by Crippen LogP contribution is 2.25. The predicted molar refractivity (Wildman–Crippen MR) is 120 cm³/mol. The van der Waals surface area contributed by atoms with E-state index >= 15 is 0 Å². The summed E-state index contributed by atoms with van der Waals surface area (Å²) in [5.74, 6) is -0.421. The fraction of sp³-hybridized carbons (Fsp3) is 0.250. The summed E-state index contributed by atoms with van der Waals surface area (Å²) in [6.07, 6.45) is 3.40. The van der Waals surface area contributed by atoms with Gasteiger partial charge < -0.3 is 11.1 Å². The van der Waals surface area contributed by atoms with E-state index in [4.69, 9.17) is 5.73 Å². The first-order valence-corrected chi connectivity index (χ1v) is 11.1. The Hall–Kier alpha value is -2.96. The summed E-state index contributed by atoms with van der Waals surface area (Å²) in [5, 5.41) is 6.28. The Bertz CT molecular complexity index is 940. The van der Waals surface area contributed by atoms with Crippen molar-refractivity contribution in [1.82, 2.24) is 5.32 Å². The molecule has 2 aromatic carbocycles. The van der Waals surface area contributed by atoms with E-state index in [2.05, 4.69) is 42.6 Å². The number of primary amides is 1. The number of imide groups is 1. The van der Waals surface area contributed by atoms with Gasteiger partial charge in [0.15, 0.2) is 6.04 Å². The zero-order chi connectivity index (χ0) is 21.3. The Morgan fingerprint density at radius 2 is 1.73 bits per heavy atom. The topological polar surface area (TPSA) is 88.8 Å². The van der Waals surface area contributed by atoms with E-state index in [1.165, 1.54) is 18.4 Å². The highest BCUT2D eigenvalue weighted by molar-refractivity contribution is 7.10. The van der Waals surface area contributed by atoms with Gasteiger partial charge in [-0.1, -0.05) is 74.0 Å². The van der Waals surface area contributed by atoms with E-state index in [1.54, 1.807) is 11.3 Å². The third-order valence-corrected chi connectivity index (χ3v) is 6.04. The molecule has 1 aromatic heterocycles. The van der Waals surface area contributed by atoms with Gasteiger partial charge in [0.25, 0.3) is 5.91 Å². The Morgan fingerprint density at radius 1 is 1.00 bits per heavy atom. The van der Waals surface area contributed by atoms with Crippen molar-refractivity contribution in [1.29, 1.82) is 0 Å². The first-order valence-electron chi connectivity index (χ1n) is 10.2. The average molecular weight is 423 g/mol. The third kappa shape index (κ3) is 5.78. The molecule has 0 aliphatic rings. The fourth-order valence-corrected chi connectivity index (χ4v) is 4.35. The first-order chi connectivity index (χ1) is 14.6. The first kappa shape index (κ1) is 21.7. The molecule has 0 fully saturated rings. The minimum absolute atomic E-state index is 0.0749. The molecule has 6 heteroatoms. The Labute approximate surface area is 181 Å². The minimum Gasteiger partial charge on any atom is -0.351 e. The number of urea groups is 1. The minimum atomic E-state index is -0.845. The van der Waals surface area contributed by atoms with E-state index in [-0.39, 0.29) is 6.04 Å². The van der Waals surface area contributed by atoms with E-state index in [0.29, 0.717) is 0 Å². The van der Waals surface area contributed by atoms with Gasteiger partial charge in [-0.05, 0) is 29.9 Å². The second-order valence-electron chi connectivity index (χ2n) is 7.27. The number of carbonyl (C=O) groups excluding carboxylic acids is 2. The largest absolute Gasteiger partial charge is 0.351 e. The van der Waals surface area contributed by atoms with Gasteiger partial charge in [-0.25, -0.2) is 4.79 Å². The molecule has 0 saturated carbocycles. The molecule has 1 heterocycles. The van der Waals surface area contributed by atoms with Gasteiger partial charge >= 0.3 is 6.03 Å². The van der Waals surface area contributed by atoms with Crippen molar-refractivity contribution >= 4 is 23.3 Å². The van der Waals surface area contributed by atoms with Gasteiger partial charge in [0.2, 0.25) is 0 Å². The summed E-state index contributed by atoms with van der Waals surface area (Å²) in [7, 11) is 0. The molecule has 5 N–H and O–H groups in total. The molecule has 3 amide bonds. The van der Waals surface area contributed by atoms with Crippen LogP contribution in [-0.4, -0.2) is 11.9 Å². The van der Waals surface area contributed by atoms with Crippen LogP contribution in [-0.2, 0) is 11.2 Å². The Morgan fingerprint density at radius 3 is 2.33 bits per heavy atom. The van der Waals surface area contributed by atoms with E-state index in [9.17, 15) is 9.59 Å². The molecule has 3 aromatic rings. The number of hydrogen-bond acceptors (Lipinski definition) is 3. The number of hydrogen-bond donors (Lipinski definition) is 3. The maximum absolute atomic E-state index is 12.8. The summed E-state index contributed by atoms with van der Waals surface area (Å²) in [4.78, 5) is 25.3. The van der Waals surface area contributed by atoms with Crippen LogP contribution in [0.3, 0.4) is 0 Å². The molecular formula is C24H28N3O2S+. The number of thiophene rings is 1. The van der Waals surface area contributed by atoms with Gasteiger partial charge in [-0.15, -0.1) is 11.3 Å². The second-order valence-corrected chi connectivity index (χ2v) is 8.25. The summed E-state index contributed by atoms with van der Waals surface area (Å²) >= 11 is 1.65. The van der Waals surface area contributed by atoms with Gasteiger partial charge in [0.05, 0.1) is 4.88 Å². The van der Waals surface area contributed by atoms with Crippen LogP contribution in [0.4, 0.5) is 4.79 Å². The predicted octanol–water partition coefficient (Wildman–Crippen LogP) is 3.68. The highest BCUT2D eigenvalue weighted by Gasteiger charge is 2.31. The van der Waals surface area contributed by atoms with Crippen LogP contribution < -0.4 is 16.4 Å². The monoisotopic (exact) mass is 422 g/mol. The molecule has 2 atom stereocenters. The van der Waals surface area contributed by atoms with Crippen molar-refractivity contribution in [2.45, 2.75) is 38.3 Å². The number of nitrogens with one attached hydrogen (secondary N) is 1. The smallest absolute Gasteiger partial charge is 0.319 e. The fourth-order valence-electron chi connectivity index (χ4n) is 3.51. The number of rotatable bonds is 9. The van der Waals surface area contributed by atoms with Crippen LogP contribution in [0.2, 0.25) is 0 Å². The molecular weight excluding hydrogens is 394 g/mol. The lowest BCUT2D eigenvalue weighted by Crippen LogP contribution is -2.88. The van der Waals surface area contributed by atoms with Crippen molar-refractivity contribution in [3.8, 4) is 0 Å². The van der Waals surface area contributed by atoms with Gasteiger partial charge in [-0.3, -0.25) is 10.1 Å². The molecule has 0 aliphatic carbocycles. The number of unbranched alkanes of at least 4 members (excludes halogenated alkanes) is 1. The SMILES string of the molecule is CCCCc1ccc([C@H]([NH2+][C@@H](C(=O)NC(N)=O)c2ccccc2)c2cccs2)cc1. The van der Waals surface area contributed by atoms with Gasteiger partial charge in [-0.2, -0.15) is 0 Å². The van der Waals surface area contributed by atoms with Crippen LogP contribution in [0.25, 0.3) is 0 Å². The standard InChI is InChI=1S/C24H27N3O2S/c1-2-3-8-17-12-14-19(15-13-17)21(20-11-7-16-30-20)26-22(23(28)27-24(25)29)18-9-5-4-6-10-18/h4-7,9-16,21-22,26H,2-3,8H2,1H3,(H3,25,27,28,29)/p+1/t21-,22+/m0/s1. The number of amides is 3. The number of aryl methyl sites for hydroxylation is 1. The van der Waals surface area contributed by atoms with Crippen molar-refractivity contribution in [2.24, 2.45) is 5.73 Å².